The molecule has 9 rings (SSSR count). The van der Waals surface area contributed by atoms with Crippen molar-refractivity contribution in [3.63, 3.8) is 0 Å². The number of hydrogen-bond donors (Lipinski definition) is 0. The van der Waals surface area contributed by atoms with E-state index < -0.39 is 0 Å². The van der Waals surface area contributed by atoms with E-state index in [1.54, 1.807) is 6.07 Å². The van der Waals surface area contributed by atoms with Crippen LogP contribution in [0.4, 0.5) is 5.69 Å². The highest BCUT2D eigenvalue weighted by Crippen LogP contribution is 2.43. The lowest BCUT2D eigenvalue weighted by atomic mass is 9.97. The van der Waals surface area contributed by atoms with Gasteiger partial charge in [0.1, 0.15) is 6.33 Å². The summed E-state index contributed by atoms with van der Waals surface area (Å²) >= 11 is 0. The predicted octanol–water partition coefficient (Wildman–Crippen LogP) is 9.38. The molecule has 0 spiro atoms. The molecule has 6 heteroatoms. The van der Waals surface area contributed by atoms with Crippen molar-refractivity contribution in [2.24, 2.45) is 0 Å². The maximum Gasteiger partial charge on any atom is 0.268 e. The maximum atomic E-state index is 14.7. The van der Waals surface area contributed by atoms with Crippen molar-refractivity contribution in [3.8, 4) is 39.1 Å². The summed E-state index contributed by atoms with van der Waals surface area (Å²) in [5.74, 6) is -0.696. The second-order valence-corrected chi connectivity index (χ2v) is 11.8. The number of fused-ring (bicyclic) bond motifs is 4. The van der Waals surface area contributed by atoms with Crippen LogP contribution < -0.4 is 4.90 Å². The van der Waals surface area contributed by atoms with Crippen LogP contribution in [0.5, 0.6) is 0 Å². The van der Waals surface area contributed by atoms with E-state index in [1.807, 2.05) is 103 Å². The Kier molecular flexibility index (Phi) is 6.33. The molecular weight excluding hydrogens is 592 g/mol. The minimum Gasteiger partial charge on any atom is -0.308 e. The van der Waals surface area contributed by atoms with Gasteiger partial charge in [-0.2, -0.15) is 0 Å². The topological polar surface area (TPSA) is 68.1 Å². The normalized spacial score (nSPS) is 12.6. The van der Waals surface area contributed by atoms with Gasteiger partial charge in [0.05, 0.1) is 33.5 Å². The molecule has 0 aliphatic carbocycles. The Labute approximate surface area is 276 Å². The zero-order valence-electron chi connectivity index (χ0n) is 25.6. The van der Waals surface area contributed by atoms with Crippen molar-refractivity contribution in [2.45, 2.75) is 0 Å². The highest BCUT2D eigenvalue weighted by molar-refractivity contribution is 6.36. The number of nitrogens with zero attached hydrogens (tertiary/aromatic N) is 4. The molecule has 0 unspecified atom stereocenters. The van der Waals surface area contributed by atoms with E-state index >= 15 is 0 Å². The number of carbonyl (C=O) groups is 2. The van der Waals surface area contributed by atoms with Crippen molar-refractivity contribution in [1.82, 2.24) is 14.5 Å². The Balaban J connectivity index is 1.25. The number of benzene rings is 6. The summed E-state index contributed by atoms with van der Waals surface area (Å²) < 4.78 is 2.10. The lowest BCUT2D eigenvalue weighted by Crippen LogP contribution is -2.30. The first kappa shape index (κ1) is 27.6. The first-order chi connectivity index (χ1) is 23.7. The van der Waals surface area contributed by atoms with Gasteiger partial charge in [-0.25, -0.2) is 14.9 Å². The third-order valence-electron chi connectivity index (χ3n) is 9.13. The van der Waals surface area contributed by atoms with Crippen molar-refractivity contribution >= 4 is 39.3 Å². The molecule has 1 aliphatic heterocycles. The summed E-state index contributed by atoms with van der Waals surface area (Å²) in [6.45, 7) is 0. The molecule has 0 radical (unpaired) electrons. The Morgan fingerprint density at radius 1 is 0.458 bits per heavy atom. The number of para-hydroxylation sites is 1. The van der Waals surface area contributed by atoms with Crippen molar-refractivity contribution < 1.29 is 9.59 Å². The zero-order valence-corrected chi connectivity index (χ0v) is 25.6. The fourth-order valence-electron chi connectivity index (χ4n) is 7.02. The second-order valence-electron chi connectivity index (χ2n) is 11.8. The Morgan fingerprint density at radius 2 is 1.12 bits per heavy atom. The number of anilines is 1. The average molecular weight is 619 g/mol. The summed E-state index contributed by atoms with van der Waals surface area (Å²) in [5.41, 5.74) is 9.48. The summed E-state index contributed by atoms with van der Waals surface area (Å²) in [5, 5.41) is 2.05. The van der Waals surface area contributed by atoms with Crippen LogP contribution in [0.15, 0.2) is 158 Å². The monoisotopic (exact) mass is 618 g/mol. The van der Waals surface area contributed by atoms with Gasteiger partial charge in [-0.1, -0.05) is 103 Å². The van der Waals surface area contributed by atoms with E-state index in [0.717, 1.165) is 55.2 Å². The van der Waals surface area contributed by atoms with Crippen molar-refractivity contribution in [1.29, 1.82) is 0 Å². The van der Waals surface area contributed by atoms with Gasteiger partial charge in [-0.05, 0) is 58.7 Å². The molecule has 0 N–H and O–H groups in total. The van der Waals surface area contributed by atoms with Crippen LogP contribution >= 0.6 is 0 Å². The zero-order chi connectivity index (χ0) is 32.2. The van der Waals surface area contributed by atoms with Gasteiger partial charge in [0.2, 0.25) is 0 Å². The molecule has 0 saturated carbocycles. The minimum atomic E-state index is -0.353. The fraction of sp³-hybridized carbons (Fsp3) is 0. The highest BCUT2D eigenvalue weighted by atomic mass is 16.2. The van der Waals surface area contributed by atoms with Crippen LogP contribution in [0.1, 0.15) is 20.7 Å². The fourth-order valence-corrected chi connectivity index (χ4v) is 7.02. The predicted molar refractivity (Wildman–Crippen MR) is 190 cm³/mol. The van der Waals surface area contributed by atoms with Gasteiger partial charge < -0.3 is 4.57 Å². The molecule has 0 saturated heterocycles. The second kappa shape index (κ2) is 11.0. The molecule has 2 amide bonds. The highest BCUT2D eigenvalue weighted by Gasteiger charge is 2.40. The van der Waals surface area contributed by atoms with Crippen molar-refractivity contribution in [2.75, 3.05) is 4.90 Å². The molecule has 8 aromatic rings. The number of aromatic nitrogens is 3. The number of rotatable bonds is 5. The maximum absolute atomic E-state index is 14.7. The van der Waals surface area contributed by atoms with Gasteiger partial charge in [-0.3, -0.25) is 9.59 Å². The molecule has 1 aliphatic rings. The summed E-state index contributed by atoms with van der Waals surface area (Å²) in [6, 6.07) is 45.7. The van der Waals surface area contributed by atoms with Gasteiger partial charge >= 0.3 is 0 Å². The Morgan fingerprint density at radius 3 is 1.92 bits per heavy atom. The summed E-state index contributed by atoms with van der Waals surface area (Å²) in [7, 11) is 0. The molecule has 0 atom stereocenters. The van der Waals surface area contributed by atoms with E-state index in [9.17, 15) is 9.59 Å². The average Bonchev–Trinajstić information content (AvgIpc) is 3.63. The van der Waals surface area contributed by atoms with Crippen LogP contribution in [0.3, 0.4) is 0 Å². The van der Waals surface area contributed by atoms with Gasteiger partial charge in [0, 0.05) is 34.3 Å². The first-order valence-corrected chi connectivity index (χ1v) is 15.7. The molecule has 226 valence electrons. The number of hydrogen-bond acceptors (Lipinski definition) is 4. The third-order valence-corrected chi connectivity index (χ3v) is 9.13. The number of imide groups is 1. The summed E-state index contributed by atoms with van der Waals surface area (Å²) in [6.07, 6.45) is 5.14. The van der Waals surface area contributed by atoms with Gasteiger partial charge in [-0.15, -0.1) is 0 Å². The molecule has 6 aromatic carbocycles. The van der Waals surface area contributed by atoms with Crippen LogP contribution in [0.2, 0.25) is 0 Å². The molecule has 6 nitrogen and oxygen atoms in total. The van der Waals surface area contributed by atoms with E-state index in [2.05, 4.69) is 57.0 Å². The quantitative estimate of drug-likeness (QED) is 0.180. The SMILES string of the molecule is O=C1c2cccc(-n3c4ccccc4c4c(-c5cncnc5)cccc43)c2C(=O)N1c1ccc(-c2ccccc2)cc1-c1ccccc1. The van der Waals surface area contributed by atoms with E-state index in [0.29, 0.717) is 22.5 Å². The van der Waals surface area contributed by atoms with Crippen LogP contribution in [0.25, 0.3) is 60.9 Å². The standard InChI is InChI=1S/C42H26N4O2/c47-41-33-17-10-20-38(45-35-18-8-7-15-32(35)39-31(16-9-19-37(39)45)30-24-43-26-44-25-30)40(33)42(48)46(41)36-22-21-29(27-11-3-1-4-12-27)23-34(36)28-13-5-2-6-14-28/h1-26H. The molecule has 2 aromatic heterocycles. The lowest BCUT2D eigenvalue weighted by molar-refractivity contribution is 0.0926. The number of amides is 2. The summed E-state index contributed by atoms with van der Waals surface area (Å²) in [4.78, 5) is 38.9. The van der Waals surface area contributed by atoms with E-state index in [4.69, 9.17) is 0 Å². The smallest absolute Gasteiger partial charge is 0.268 e. The molecule has 3 heterocycles. The minimum absolute atomic E-state index is 0.343. The molecular formula is C42H26N4O2. The lowest BCUT2D eigenvalue weighted by Gasteiger charge is -2.20. The van der Waals surface area contributed by atoms with Crippen LogP contribution in [-0.2, 0) is 0 Å². The number of carbonyl (C=O) groups excluding carboxylic acids is 2. The molecule has 48 heavy (non-hydrogen) atoms. The third kappa shape index (κ3) is 4.20. The van der Waals surface area contributed by atoms with Crippen molar-refractivity contribution in [3.05, 3.63) is 169 Å². The van der Waals surface area contributed by atoms with Crippen LogP contribution in [-0.4, -0.2) is 26.3 Å². The largest absolute Gasteiger partial charge is 0.308 e. The first-order valence-electron chi connectivity index (χ1n) is 15.7. The van der Waals surface area contributed by atoms with Gasteiger partial charge in [0.15, 0.2) is 0 Å². The van der Waals surface area contributed by atoms with Crippen LogP contribution in [0, 0.1) is 0 Å². The van der Waals surface area contributed by atoms with Gasteiger partial charge in [0.25, 0.3) is 11.8 Å². The molecule has 0 bridgehead atoms. The Bertz CT molecular complexity index is 2540. The Hall–Kier alpha value is -6.66. The van der Waals surface area contributed by atoms with E-state index in [-0.39, 0.29) is 11.8 Å². The molecule has 0 fully saturated rings. The van der Waals surface area contributed by atoms with E-state index in [1.165, 1.54) is 11.2 Å².